The van der Waals surface area contributed by atoms with Gasteiger partial charge < -0.3 is 9.64 Å². The van der Waals surface area contributed by atoms with Crippen molar-refractivity contribution in [2.45, 2.75) is 32.4 Å². The van der Waals surface area contributed by atoms with Crippen LogP contribution >= 0.6 is 0 Å². The van der Waals surface area contributed by atoms with Crippen LogP contribution in [-0.4, -0.2) is 62.3 Å². The summed E-state index contributed by atoms with van der Waals surface area (Å²) < 4.78 is 5.27. The molecule has 84 valence electrons. The van der Waals surface area contributed by atoms with E-state index in [1.165, 1.54) is 26.1 Å². The quantitative estimate of drug-likeness (QED) is 0.674. The highest BCUT2D eigenvalue weighted by Gasteiger charge is 2.26. The molecule has 0 aromatic carbocycles. The number of rotatable bonds is 4. The molecule has 1 fully saturated rings. The van der Waals surface area contributed by atoms with Gasteiger partial charge in [0.15, 0.2) is 0 Å². The van der Waals surface area contributed by atoms with Crippen LogP contribution in [0.15, 0.2) is 0 Å². The molecule has 2 atom stereocenters. The van der Waals surface area contributed by atoms with E-state index in [4.69, 9.17) is 4.74 Å². The minimum Gasteiger partial charge on any atom is -0.383 e. The second-order valence-electron chi connectivity index (χ2n) is 4.37. The van der Waals surface area contributed by atoms with Crippen LogP contribution in [0.5, 0.6) is 0 Å². The molecule has 0 aromatic rings. The third-order valence-electron chi connectivity index (χ3n) is 3.18. The maximum absolute atomic E-state index is 5.27. The van der Waals surface area contributed by atoms with Gasteiger partial charge in [0.05, 0.1) is 6.61 Å². The lowest BCUT2D eigenvalue weighted by molar-refractivity contribution is 0.0213. The predicted octanol–water partition coefficient (Wildman–Crippen LogP) is 1.05. The summed E-state index contributed by atoms with van der Waals surface area (Å²) in [5.41, 5.74) is 0. The maximum Gasteiger partial charge on any atom is 0.0618 e. The van der Waals surface area contributed by atoms with Gasteiger partial charge in [-0.25, -0.2) is 0 Å². The van der Waals surface area contributed by atoms with E-state index in [1.807, 2.05) is 0 Å². The van der Waals surface area contributed by atoms with Crippen LogP contribution in [0.4, 0.5) is 0 Å². The normalized spacial score (nSPS) is 27.9. The van der Waals surface area contributed by atoms with Gasteiger partial charge in [0.25, 0.3) is 0 Å². The Bertz CT molecular complexity index is 163. The molecule has 14 heavy (non-hydrogen) atoms. The Labute approximate surface area is 88.0 Å². The Kier molecular flexibility index (Phi) is 4.85. The van der Waals surface area contributed by atoms with E-state index in [1.54, 1.807) is 7.11 Å². The molecule has 1 heterocycles. The van der Waals surface area contributed by atoms with E-state index >= 15 is 0 Å². The van der Waals surface area contributed by atoms with Crippen molar-refractivity contribution in [2.75, 3.05) is 40.4 Å². The standard InChI is InChI=1S/C11H24N2O/c1-5-11(9-14-4)13-7-6-12(3)8-10(13)2/h10-11H,5-9H2,1-4H3. The topological polar surface area (TPSA) is 15.7 Å². The highest BCUT2D eigenvalue weighted by molar-refractivity contribution is 4.82. The minimum absolute atomic E-state index is 0.601. The molecule has 2 unspecified atom stereocenters. The average molecular weight is 200 g/mol. The van der Waals surface area contributed by atoms with Crippen LogP contribution in [-0.2, 0) is 4.74 Å². The first-order valence-electron chi connectivity index (χ1n) is 5.62. The highest BCUT2D eigenvalue weighted by atomic mass is 16.5. The number of hydrogen-bond donors (Lipinski definition) is 0. The van der Waals surface area contributed by atoms with Crippen LogP contribution in [0.3, 0.4) is 0 Å². The Morgan fingerprint density at radius 1 is 1.43 bits per heavy atom. The number of nitrogens with zero attached hydrogens (tertiary/aromatic N) is 2. The van der Waals surface area contributed by atoms with Gasteiger partial charge >= 0.3 is 0 Å². The van der Waals surface area contributed by atoms with Crippen LogP contribution in [0.1, 0.15) is 20.3 Å². The van der Waals surface area contributed by atoms with Crippen molar-refractivity contribution in [3.8, 4) is 0 Å². The van der Waals surface area contributed by atoms with Gasteiger partial charge in [-0.05, 0) is 20.4 Å². The zero-order valence-corrected chi connectivity index (χ0v) is 9.99. The lowest BCUT2D eigenvalue weighted by Gasteiger charge is -2.42. The van der Waals surface area contributed by atoms with E-state index in [0.29, 0.717) is 12.1 Å². The van der Waals surface area contributed by atoms with E-state index in [0.717, 1.165) is 6.61 Å². The van der Waals surface area contributed by atoms with Crippen molar-refractivity contribution >= 4 is 0 Å². The van der Waals surface area contributed by atoms with Gasteiger partial charge in [-0.2, -0.15) is 0 Å². The molecule has 1 aliphatic heterocycles. The third-order valence-corrected chi connectivity index (χ3v) is 3.18. The number of piperazine rings is 1. The molecular weight excluding hydrogens is 176 g/mol. The number of methoxy groups -OCH3 is 1. The Hall–Kier alpha value is -0.120. The summed E-state index contributed by atoms with van der Waals surface area (Å²) in [5, 5.41) is 0. The monoisotopic (exact) mass is 200 g/mol. The number of ether oxygens (including phenoxy) is 1. The molecule has 0 saturated carbocycles. The van der Waals surface area contributed by atoms with E-state index in [2.05, 4.69) is 30.7 Å². The van der Waals surface area contributed by atoms with E-state index in [9.17, 15) is 0 Å². The zero-order valence-electron chi connectivity index (χ0n) is 9.99. The second kappa shape index (κ2) is 5.69. The van der Waals surface area contributed by atoms with Crippen LogP contribution in [0.25, 0.3) is 0 Å². The Balaban J connectivity index is 2.48. The summed E-state index contributed by atoms with van der Waals surface area (Å²) in [6.07, 6.45) is 1.18. The Morgan fingerprint density at radius 2 is 2.14 bits per heavy atom. The molecule has 0 amide bonds. The lowest BCUT2D eigenvalue weighted by atomic mass is 10.1. The summed E-state index contributed by atoms with van der Waals surface area (Å²) in [6.45, 7) is 8.97. The zero-order chi connectivity index (χ0) is 10.6. The first-order valence-corrected chi connectivity index (χ1v) is 5.62. The molecular formula is C11H24N2O. The summed E-state index contributed by atoms with van der Waals surface area (Å²) in [6, 6.07) is 1.26. The first-order chi connectivity index (χ1) is 6.69. The molecule has 3 heteroatoms. The van der Waals surface area contributed by atoms with Crippen molar-refractivity contribution in [1.82, 2.24) is 9.80 Å². The average Bonchev–Trinajstić information content (AvgIpc) is 2.15. The van der Waals surface area contributed by atoms with Crippen molar-refractivity contribution < 1.29 is 4.74 Å². The molecule has 0 aromatic heterocycles. The molecule has 3 nitrogen and oxygen atoms in total. The van der Waals surface area contributed by atoms with Gasteiger partial charge in [-0.1, -0.05) is 6.92 Å². The molecule has 1 aliphatic rings. The van der Waals surface area contributed by atoms with Crippen molar-refractivity contribution in [3.05, 3.63) is 0 Å². The summed E-state index contributed by atoms with van der Waals surface area (Å²) in [5.74, 6) is 0. The van der Waals surface area contributed by atoms with Gasteiger partial charge in [-0.3, -0.25) is 4.90 Å². The molecule has 0 bridgehead atoms. The Morgan fingerprint density at radius 3 is 2.64 bits per heavy atom. The predicted molar refractivity (Wildman–Crippen MR) is 59.6 cm³/mol. The van der Waals surface area contributed by atoms with Gasteiger partial charge in [0.1, 0.15) is 0 Å². The minimum atomic E-state index is 0.601. The summed E-state index contributed by atoms with van der Waals surface area (Å²) >= 11 is 0. The van der Waals surface area contributed by atoms with E-state index < -0.39 is 0 Å². The fourth-order valence-corrected chi connectivity index (χ4v) is 2.34. The molecule has 0 N–H and O–H groups in total. The molecule has 0 radical (unpaired) electrons. The summed E-state index contributed by atoms with van der Waals surface area (Å²) in [7, 11) is 3.99. The van der Waals surface area contributed by atoms with E-state index in [-0.39, 0.29) is 0 Å². The fourth-order valence-electron chi connectivity index (χ4n) is 2.34. The van der Waals surface area contributed by atoms with Crippen LogP contribution in [0, 0.1) is 0 Å². The van der Waals surface area contributed by atoms with Gasteiger partial charge in [-0.15, -0.1) is 0 Å². The fraction of sp³-hybridized carbons (Fsp3) is 1.00. The molecule has 0 spiro atoms. The first kappa shape index (κ1) is 12.0. The van der Waals surface area contributed by atoms with Crippen molar-refractivity contribution in [2.24, 2.45) is 0 Å². The maximum atomic E-state index is 5.27. The third kappa shape index (κ3) is 2.94. The number of likely N-dealkylation sites (N-methyl/N-ethyl adjacent to an activating group) is 1. The smallest absolute Gasteiger partial charge is 0.0618 e. The largest absolute Gasteiger partial charge is 0.383 e. The van der Waals surface area contributed by atoms with Gasteiger partial charge in [0.2, 0.25) is 0 Å². The molecule has 1 rings (SSSR count). The number of hydrogen-bond acceptors (Lipinski definition) is 3. The SMILES string of the molecule is CCC(COC)N1CCN(C)CC1C. The lowest BCUT2D eigenvalue weighted by Crippen LogP contribution is -2.55. The second-order valence-corrected chi connectivity index (χ2v) is 4.37. The molecule has 1 saturated heterocycles. The van der Waals surface area contributed by atoms with Gasteiger partial charge in [0, 0.05) is 38.8 Å². The van der Waals surface area contributed by atoms with Crippen LogP contribution < -0.4 is 0 Å². The summed E-state index contributed by atoms with van der Waals surface area (Å²) in [4.78, 5) is 4.99. The van der Waals surface area contributed by atoms with Crippen molar-refractivity contribution in [3.63, 3.8) is 0 Å². The van der Waals surface area contributed by atoms with Crippen LogP contribution in [0.2, 0.25) is 0 Å². The molecule has 0 aliphatic carbocycles. The highest BCUT2D eigenvalue weighted by Crippen LogP contribution is 2.14. The van der Waals surface area contributed by atoms with Crippen molar-refractivity contribution in [1.29, 1.82) is 0 Å².